The van der Waals surface area contributed by atoms with Crippen LogP contribution in [0.4, 0.5) is 10.1 Å². The third kappa shape index (κ3) is 7.22. The fourth-order valence-electron chi connectivity index (χ4n) is 7.08. The Kier molecular flexibility index (Phi) is 10.2. The second kappa shape index (κ2) is 14.3. The van der Waals surface area contributed by atoms with Gasteiger partial charge in [0.05, 0.1) is 47.4 Å². The molecule has 2 aliphatic heterocycles. The Morgan fingerprint density at radius 2 is 1.85 bits per heavy atom. The molecule has 246 valence electrons. The van der Waals surface area contributed by atoms with E-state index in [9.17, 15) is 19.5 Å². The number of amides is 2. The molecule has 2 atom stereocenters. The molecule has 2 aromatic carbocycles. The van der Waals surface area contributed by atoms with E-state index in [0.29, 0.717) is 44.4 Å². The molecule has 1 aliphatic carbocycles. The van der Waals surface area contributed by atoms with Gasteiger partial charge in [-0.3, -0.25) is 19.3 Å². The Morgan fingerprint density at radius 3 is 2.59 bits per heavy atom. The highest BCUT2D eigenvalue weighted by atomic mass is 35.5. The quantitative estimate of drug-likeness (QED) is 0.312. The molecule has 0 unspecified atom stereocenters. The van der Waals surface area contributed by atoms with Crippen LogP contribution in [-0.4, -0.2) is 93.2 Å². The highest BCUT2D eigenvalue weighted by Crippen LogP contribution is 2.32. The molecule has 0 spiro atoms. The Bertz CT molecular complexity index is 1600. The first-order chi connectivity index (χ1) is 22.2. The molecule has 1 aromatic heterocycles. The number of para-hydroxylation sites is 1. The number of ether oxygens (including phenoxy) is 1. The summed E-state index contributed by atoms with van der Waals surface area (Å²) in [5.74, 6) is -0.152. The maximum absolute atomic E-state index is 15.5. The number of aromatic nitrogens is 1. The van der Waals surface area contributed by atoms with E-state index in [4.69, 9.17) is 16.3 Å². The molecule has 1 saturated carbocycles. The number of nitrogens with zero attached hydrogens (tertiary/aromatic N) is 3. The zero-order valence-electron chi connectivity index (χ0n) is 25.9. The van der Waals surface area contributed by atoms with Crippen LogP contribution in [0.3, 0.4) is 0 Å². The number of aliphatic carboxylic acids is 1. The summed E-state index contributed by atoms with van der Waals surface area (Å²) in [6.45, 7) is 2.87. The minimum Gasteiger partial charge on any atom is -0.481 e. The number of rotatable bonds is 9. The number of thioether (sulfide) groups is 1. The smallest absolute Gasteiger partial charge is 0.306 e. The molecular weight excluding hydrogens is 631 g/mol. The lowest BCUT2D eigenvalue weighted by Crippen LogP contribution is -2.44. The van der Waals surface area contributed by atoms with Gasteiger partial charge >= 0.3 is 5.97 Å². The normalized spacial score (nSPS) is 23.9. The number of fused-ring (bicyclic) bond motifs is 1. The zero-order chi connectivity index (χ0) is 32.4. The van der Waals surface area contributed by atoms with E-state index in [2.05, 4.69) is 10.2 Å². The van der Waals surface area contributed by atoms with Gasteiger partial charge in [-0.25, -0.2) is 4.39 Å². The molecule has 46 heavy (non-hydrogen) atoms. The second-order valence-corrected chi connectivity index (χ2v) is 14.2. The summed E-state index contributed by atoms with van der Waals surface area (Å²) in [5.41, 5.74) is 1.66. The first kappa shape index (κ1) is 32.8. The van der Waals surface area contributed by atoms with Gasteiger partial charge in [-0.15, -0.1) is 0 Å². The van der Waals surface area contributed by atoms with Crippen LogP contribution in [0.25, 0.3) is 10.9 Å². The number of carbonyl (C=O) groups is 3. The number of carbonyl (C=O) groups excluding carboxylic acids is 2. The Morgan fingerprint density at radius 1 is 1.11 bits per heavy atom. The summed E-state index contributed by atoms with van der Waals surface area (Å²) in [4.78, 5) is 42.5. The van der Waals surface area contributed by atoms with E-state index in [1.54, 1.807) is 6.20 Å². The molecule has 3 aliphatic rings. The number of benzene rings is 2. The van der Waals surface area contributed by atoms with Crippen molar-refractivity contribution in [3.8, 4) is 0 Å². The fourth-order valence-corrected chi connectivity index (χ4v) is 8.25. The lowest BCUT2D eigenvalue weighted by molar-refractivity contribution is -0.144. The molecular formula is C34H40ClFN4O5S. The number of carboxylic acid groups (broad SMARTS) is 1. The number of likely N-dealkylation sites (tertiary alicyclic amines) is 1. The molecule has 12 heteroatoms. The minimum absolute atomic E-state index is 0.0223. The summed E-state index contributed by atoms with van der Waals surface area (Å²) in [6, 6.07) is 10.2. The van der Waals surface area contributed by atoms with Crippen molar-refractivity contribution in [2.75, 3.05) is 43.1 Å². The van der Waals surface area contributed by atoms with Crippen molar-refractivity contribution in [3.63, 3.8) is 0 Å². The molecule has 2 N–H and O–H groups in total. The third-order valence-electron chi connectivity index (χ3n) is 9.69. The third-order valence-corrected chi connectivity index (χ3v) is 10.9. The summed E-state index contributed by atoms with van der Waals surface area (Å²) < 4.78 is 23.6. The van der Waals surface area contributed by atoms with E-state index in [0.717, 1.165) is 41.9 Å². The lowest BCUT2D eigenvalue weighted by Gasteiger charge is -2.31. The van der Waals surface area contributed by atoms with Crippen molar-refractivity contribution in [2.24, 2.45) is 13.0 Å². The lowest BCUT2D eigenvalue weighted by atomic mass is 9.87. The monoisotopic (exact) mass is 670 g/mol. The van der Waals surface area contributed by atoms with Gasteiger partial charge in [0, 0.05) is 61.3 Å². The molecule has 6 rings (SSSR count). The van der Waals surface area contributed by atoms with E-state index >= 15 is 4.39 Å². The van der Waals surface area contributed by atoms with Crippen molar-refractivity contribution in [3.05, 3.63) is 64.6 Å². The van der Waals surface area contributed by atoms with Gasteiger partial charge in [-0.05, 0) is 55.9 Å². The number of nitrogens with one attached hydrogen (secondary N) is 1. The van der Waals surface area contributed by atoms with Crippen molar-refractivity contribution in [1.29, 1.82) is 0 Å². The van der Waals surface area contributed by atoms with Crippen LogP contribution < -0.4 is 5.32 Å². The highest BCUT2D eigenvalue weighted by molar-refractivity contribution is 7.99. The maximum atomic E-state index is 15.5. The maximum Gasteiger partial charge on any atom is 0.306 e. The second-order valence-electron chi connectivity index (χ2n) is 12.6. The molecule has 2 amide bonds. The van der Waals surface area contributed by atoms with Crippen LogP contribution in [0.15, 0.2) is 42.6 Å². The first-order valence-corrected chi connectivity index (χ1v) is 17.5. The predicted molar refractivity (Wildman–Crippen MR) is 178 cm³/mol. The predicted octanol–water partition coefficient (Wildman–Crippen LogP) is 5.44. The van der Waals surface area contributed by atoms with E-state index in [1.165, 1.54) is 12.1 Å². The van der Waals surface area contributed by atoms with Crippen LogP contribution in [0.5, 0.6) is 0 Å². The number of carboxylic acids is 1. The topological polar surface area (TPSA) is 104 Å². The van der Waals surface area contributed by atoms with Crippen molar-refractivity contribution in [1.82, 2.24) is 14.4 Å². The molecule has 0 bridgehead atoms. The van der Waals surface area contributed by atoms with Crippen molar-refractivity contribution in [2.45, 2.75) is 56.7 Å². The van der Waals surface area contributed by atoms with Gasteiger partial charge < -0.3 is 24.6 Å². The highest BCUT2D eigenvalue weighted by Gasteiger charge is 2.39. The zero-order valence-corrected chi connectivity index (χ0v) is 27.5. The van der Waals surface area contributed by atoms with Gasteiger partial charge in [0.15, 0.2) is 0 Å². The Labute approximate surface area is 277 Å². The number of hydrogen-bond acceptors (Lipinski definition) is 6. The number of anilines is 1. The van der Waals surface area contributed by atoms with Crippen LogP contribution in [0.2, 0.25) is 5.02 Å². The van der Waals surface area contributed by atoms with Gasteiger partial charge in [0.2, 0.25) is 5.91 Å². The fraction of sp³-hybridized carbons (Fsp3) is 0.500. The van der Waals surface area contributed by atoms with Crippen molar-refractivity contribution >= 4 is 57.7 Å². The summed E-state index contributed by atoms with van der Waals surface area (Å²) in [5, 5.41) is 13.0. The van der Waals surface area contributed by atoms with E-state index < -0.39 is 17.7 Å². The summed E-state index contributed by atoms with van der Waals surface area (Å²) >= 11 is 8.48. The minimum atomic E-state index is -0.749. The van der Waals surface area contributed by atoms with E-state index in [-0.39, 0.29) is 52.7 Å². The molecule has 3 aromatic rings. The summed E-state index contributed by atoms with van der Waals surface area (Å²) in [7, 11) is 1.86. The Balaban J connectivity index is 1.13. The van der Waals surface area contributed by atoms with Gasteiger partial charge in [-0.1, -0.05) is 29.8 Å². The van der Waals surface area contributed by atoms with Crippen LogP contribution in [0.1, 0.15) is 48.0 Å². The SMILES string of the molecule is Cn1cc(C(=O)Nc2cc(F)c(CC(=O)N3C[C@@H](N4CCSCC4)C[C@H]3COC3CCC(C(=O)O)CC3)cc2Cl)c2ccccc21. The van der Waals surface area contributed by atoms with Crippen LogP contribution in [0, 0.1) is 11.7 Å². The van der Waals surface area contributed by atoms with E-state index in [1.807, 2.05) is 52.5 Å². The van der Waals surface area contributed by atoms with Gasteiger partial charge in [-0.2, -0.15) is 11.8 Å². The molecule has 3 heterocycles. The van der Waals surface area contributed by atoms with Crippen molar-refractivity contribution < 1.29 is 28.6 Å². The Hall–Kier alpha value is -3.12. The standard InChI is InChI=1S/C34H40ClFN4O5S/c1-38-19-27(26-4-2-3-5-31(26)38)33(42)37-30-17-29(36)22(14-28(30)35)15-32(41)40-18-23(39-10-12-46-13-11-39)16-24(40)20-45-25-8-6-21(7-9-25)34(43)44/h2-5,14,17,19,21,23-25H,6-13,15-16,18,20H2,1H3,(H,37,42)(H,43,44)/t21?,23-,24-,25?/m0/s1. The molecule has 0 radical (unpaired) electrons. The largest absolute Gasteiger partial charge is 0.481 e. The van der Waals surface area contributed by atoms with Crippen LogP contribution >= 0.6 is 23.4 Å². The average molecular weight is 671 g/mol. The number of hydrogen-bond donors (Lipinski definition) is 2. The first-order valence-electron chi connectivity index (χ1n) is 16.0. The number of aryl methyl sites for hydroxylation is 1. The summed E-state index contributed by atoms with van der Waals surface area (Å²) in [6.07, 6.45) is 4.90. The van der Waals surface area contributed by atoms with Crippen LogP contribution in [-0.2, 0) is 27.8 Å². The molecule has 2 saturated heterocycles. The van der Waals surface area contributed by atoms with Gasteiger partial charge in [0.1, 0.15) is 5.82 Å². The number of halogens is 2. The average Bonchev–Trinajstić information content (AvgIpc) is 3.64. The van der Waals surface area contributed by atoms with Gasteiger partial charge in [0.25, 0.3) is 5.91 Å². The molecule has 3 fully saturated rings. The molecule has 9 nitrogen and oxygen atoms in total.